The fraction of sp³-hybridized carbons (Fsp3) is 0.357. The molecule has 1 N–H and O–H groups in total. The lowest BCUT2D eigenvalue weighted by atomic mass is 10.1. The van der Waals surface area contributed by atoms with Crippen molar-refractivity contribution in [2.75, 3.05) is 0 Å². The van der Waals surface area contributed by atoms with E-state index >= 15 is 0 Å². The monoisotopic (exact) mass is 242 g/mol. The lowest BCUT2D eigenvalue weighted by Crippen LogP contribution is -2.24. The summed E-state index contributed by atoms with van der Waals surface area (Å²) in [5.41, 5.74) is 3.19. The molecule has 0 aromatic carbocycles. The minimum atomic E-state index is 0.168. The van der Waals surface area contributed by atoms with Crippen LogP contribution in [0.5, 0.6) is 0 Å². The Balaban J connectivity index is 2.08. The fourth-order valence-corrected chi connectivity index (χ4v) is 2.05. The quantitative estimate of drug-likeness (QED) is 0.895. The number of nitrogens with zero attached hydrogens (tertiary/aromatic N) is 3. The van der Waals surface area contributed by atoms with Gasteiger partial charge in [-0.05, 0) is 38.5 Å². The maximum Gasteiger partial charge on any atom is 0.0782 e. The second-order valence-corrected chi connectivity index (χ2v) is 4.42. The number of nitrogens with one attached hydrogen (secondary N) is 1. The van der Waals surface area contributed by atoms with Crippen molar-refractivity contribution in [2.45, 2.75) is 32.9 Å². The summed E-state index contributed by atoms with van der Waals surface area (Å²) in [6.45, 7) is 6.23. The Morgan fingerprint density at radius 3 is 2.28 bits per heavy atom. The van der Waals surface area contributed by atoms with E-state index in [1.54, 1.807) is 12.4 Å². The standard InChI is InChI=1S/C14H18N4/c1-10(13-4-6-15-7-5-13)18-12(3)14-11(2)16-8-9-17-14/h4-10,12,18H,1-3H3/t10-,12?/m0/s1. The zero-order chi connectivity index (χ0) is 13.0. The third-order valence-corrected chi connectivity index (χ3v) is 3.04. The Hall–Kier alpha value is -1.81. The van der Waals surface area contributed by atoms with Crippen molar-refractivity contribution in [1.29, 1.82) is 0 Å². The van der Waals surface area contributed by atoms with Gasteiger partial charge in [0.15, 0.2) is 0 Å². The van der Waals surface area contributed by atoms with Gasteiger partial charge in [0.1, 0.15) is 0 Å². The Morgan fingerprint density at radius 1 is 0.944 bits per heavy atom. The molecule has 2 rings (SSSR count). The SMILES string of the molecule is Cc1nccnc1C(C)N[C@@H](C)c1ccncc1. The van der Waals surface area contributed by atoms with Gasteiger partial charge < -0.3 is 5.32 Å². The van der Waals surface area contributed by atoms with Gasteiger partial charge in [-0.2, -0.15) is 0 Å². The van der Waals surface area contributed by atoms with Crippen molar-refractivity contribution in [1.82, 2.24) is 20.3 Å². The first-order chi connectivity index (χ1) is 8.68. The van der Waals surface area contributed by atoms with Crippen molar-refractivity contribution >= 4 is 0 Å². The third kappa shape index (κ3) is 2.90. The summed E-state index contributed by atoms with van der Waals surface area (Å²) in [5, 5.41) is 3.52. The smallest absolute Gasteiger partial charge is 0.0782 e. The molecule has 2 aromatic rings. The molecule has 0 amide bonds. The van der Waals surface area contributed by atoms with Gasteiger partial charge in [-0.1, -0.05) is 0 Å². The molecule has 2 atom stereocenters. The molecule has 0 spiro atoms. The molecule has 2 heterocycles. The number of aromatic nitrogens is 3. The van der Waals surface area contributed by atoms with Crippen molar-refractivity contribution in [3.8, 4) is 0 Å². The van der Waals surface area contributed by atoms with Crippen molar-refractivity contribution in [2.24, 2.45) is 0 Å². The van der Waals surface area contributed by atoms with Crippen molar-refractivity contribution in [3.05, 3.63) is 53.9 Å². The summed E-state index contributed by atoms with van der Waals surface area (Å²) in [5.74, 6) is 0. The minimum Gasteiger partial charge on any atom is -0.302 e. The van der Waals surface area contributed by atoms with Crippen LogP contribution in [0.1, 0.15) is 42.9 Å². The zero-order valence-electron chi connectivity index (χ0n) is 11.0. The van der Waals surface area contributed by atoms with E-state index in [9.17, 15) is 0 Å². The number of pyridine rings is 1. The molecular formula is C14H18N4. The van der Waals surface area contributed by atoms with Gasteiger partial charge in [0, 0.05) is 36.9 Å². The average molecular weight is 242 g/mol. The highest BCUT2D eigenvalue weighted by molar-refractivity contribution is 5.17. The zero-order valence-corrected chi connectivity index (χ0v) is 11.0. The first kappa shape index (κ1) is 12.6. The predicted octanol–water partition coefficient (Wildman–Crippen LogP) is 2.59. The van der Waals surface area contributed by atoms with E-state index in [0.29, 0.717) is 0 Å². The molecule has 4 heteroatoms. The Labute approximate surface area is 108 Å². The van der Waals surface area contributed by atoms with E-state index in [2.05, 4.69) is 34.1 Å². The van der Waals surface area contributed by atoms with Gasteiger partial charge in [0.05, 0.1) is 11.4 Å². The van der Waals surface area contributed by atoms with Gasteiger partial charge in [-0.15, -0.1) is 0 Å². The van der Waals surface area contributed by atoms with Gasteiger partial charge in [0.2, 0.25) is 0 Å². The highest BCUT2D eigenvalue weighted by Gasteiger charge is 2.14. The van der Waals surface area contributed by atoms with E-state index in [-0.39, 0.29) is 12.1 Å². The summed E-state index contributed by atoms with van der Waals surface area (Å²) < 4.78 is 0. The molecule has 0 bridgehead atoms. The highest BCUT2D eigenvalue weighted by atomic mass is 15.0. The first-order valence-corrected chi connectivity index (χ1v) is 6.12. The molecule has 0 aliphatic carbocycles. The van der Waals surface area contributed by atoms with E-state index in [4.69, 9.17) is 0 Å². The summed E-state index contributed by atoms with van der Waals surface area (Å²) in [4.78, 5) is 12.7. The van der Waals surface area contributed by atoms with E-state index in [1.165, 1.54) is 5.56 Å². The molecule has 1 unspecified atom stereocenters. The lowest BCUT2D eigenvalue weighted by Gasteiger charge is -2.20. The minimum absolute atomic E-state index is 0.168. The van der Waals surface area contributed by atoms with Crippen LogP contribution in [-0.2, 0) is 0 Å². The average Bonchev–Trinajstić information content (AvgIpc) is 2.40. The second kappa shape index (κ2) is 5.69. The van der Waals surface area contributed by atoms with Crippen molar-refractivity contribution < 1.29 is 0 Å². The van der Waals surface area contributed by atoms with E-state index in [1.807, 2.05) is 31.5 Å². The van der Waals surface area contributed by atoms with Gasteiger partial charge in [-0.25, -0.2) is 0 Å². The normalized spacial score (nSPS) is 14.2. The third-order valence-electron chi connectivity index (χ3n) is 3.04. The van der Waals surface area contributed by atoms with Crippen LogP contribution in [0.4, 0.5) is 0 Å². The largest absolute Gasteiger partial charge is 0.302 e. The number of hydrogen-bond acceptors (Lipinski definition) is 4. The Morgan fingerprint density at radius 2 is 1.61 bits per heavy atom. The summed E-state index contributed by atoms with van der Waals surface area (Å²) in [6.07, 6.45) is 7.08. The van der Waals surface area contributed by atoms with Crippen LogP contribution in [0.2, 0.25) is 0 Å². The van der Waals surface area contributed by atoms with Crippen LogP contribution in [0.3, 0.4) is 0 Å². The molecule has 4 nitrogen and oxygen atoms in total. The summed E-state index contributed by atoms with van der Waals surface area (Å²) in [6, 6.07) is 4.47. The number of rotatable bonds is 4. The molecular weight excluding hydrogens is 224 g/mol. The molecule has 0 radical (unpaired) electrons. The van der Waals surface area contributed by atoms with E-state index in [0.717, 1.165) is 11.4 Å². The number of hydrogen-bond donors (Lipinski definition) is 1. The van der Waals surface area contributed by atoms with Crippen LogP contribution in [-0.4, -0.2) is 15.0 Å². The predicted molar refractivity (Wildman–Crippen MR) is 71.0 cm³/mol. The molecule has 0 aliphatic rings. The van der Waals surface area contributed by atoms with Crippen LogP contribution in [0.15, 0.2) is 36.9 Å². The van der Waals surface area contributed by atoms with Crippen LogP contribution >= 0.6 is 0 Å². The maximum atomic E-state index is 4.39. The molecule has 0 aliphatic heterocycles. The van der Waals surface area contributed by atoms with Gasteiger partial charge in [0.25, 0.3) is 0 Å². The van der Waals surface area contributed by atoms with Crippen LogP contribution < -0.4 is 5.32 Å². The lowest BCUT2D eigenvalue weighted by molar-refractivity contribution is 0.482. The summed E-state index contributed by atoms with van der Waals surface area (Å²) >= 11 is 0. The van der Waals surface area contributed by atoms with E-state index < -0.39 is 0 Å². The number of aryl methyl sites for hydroxylation is 1. The van der Waals surface area contributed by atoms with Crippen molar-refractivity contribution in [3.63, 3.8) is 0 Å². The maximum absolute atomic E-state index is 4.39. The van der Waals surface area contributed by atoms with Gasteiger partial charge >= 0.3 is 0 Å². The van der Waals surface area contributed by atoms with Crippen LogP contribution in [0.25, 0.3) is 0 Å². The molecule has 0 saturated heterocycles. The molecule has 18 heavy (non-hydrogen) atoms. The first-order valence-electron chi connectivity index (χ1n) is 6.12. The molecule has 0 saturated carbocycles. The second-order valence-electron chi connectivity index (χ2n) is 4.42. The fourth-order valence-electron chi connectivity index (χ4n) is 2.05. The highest BCUT2D eigenvalue weighted by Crippen LogP contribution is 2.18. The van der Waals surface area contributed by atoms with Gasteiger partial charge in [-0.3, -0.25) is 15.0 Å². The summed E-state index contributed by atoms with van der Waals surface area (Å²) in [7, 11) is 0. The molecule has 2 aromatic heterocycles. The Bertz CT molecular complexity index is 498. The van der Waals surface area contributed by atoms with Crippen LogP contribution in [0, 0.1) is 6.92 Å². The Kier molecular flexibility index (Phi) is 3.99. The molecule has 0 fully saturated rings. The molecule has 94 valence electrons. The topological polar surface area (TPSA) is 50.7 Å².